The van der Waals surface area contributed by atoms with Crippen LogP contribution in [-0.4, -0.2) is 18.0 Å². The van der Waals surface area contributed by atoms with Crippen molar-refractivity contribution < 1.29 is 18.7 Å². The van der Waals surface area contributed by atoms with Crippen molar-refractivity contribution >= 4 is 28.5 Å². The highest BCUT2D eigenvalue weighted by Gasteiger charge is 2.22. The average Bonchev–Trinajstić information content (AvgIpc) is 3.02. The van der Waals surface area contributed by atoms with E-state index in [-0.39, 0.29) is 5.76 Å². The lowest BCUT2D eigenvalue weighted by molar-refractivity contribution is -0.123. The molecule has 1 amide bonds. The molecular formula is C20H19NO4. The van der Waals surface area contributed by atoms with Gasteiger partial charge >= 0.3 is 5.97 Å². The lowest BCUT2D eigenvalue weighted by Gasteiger charge is -2.14. The first-order valence-electron chi connectivity index (χ1n) is 8.02. The predicted molar refractivity (Wildman–Crippen MR) is 95.6 cm³/mol. The minimum atomic E-state index is -0.944. The van der Waals surface area contributed by atoms with Gasteiger partial charge < -0.3 is 14.5 Å². The fourth-order valence-corrected chi connectivity index (χ4v) is 2.46. The molecule has 0 unspecified atom stereocenters. The number of carbonyl (C=O) groups excluding carboxylic acids is 2. The number of ether oxygens (including phenoxy) is 1. The number of hydrogen-bond acceptors (Lipinski definition) is 4. The number of rotatable bonds is 4. The summed E-state index contributed by atoms with van der Waals surface area (Å²) in [7, 11) is 0. The Morgan fingerprint density at radius 2 is 1.84 bits per heavy atom. The van der Waals surface area contributed by atoms with E-state index in [1.165, 1.54) is 6.92 Å². The molecule has 0 radical (unpaired) electrons. The summed E-state index contributed by atoms with van der Waals surface area (Å²) in [5.74, 6) is -0.981. The molecule has 0 spiro atoms. The van der Waals surface area contributed by atoms with Crippen LogP contribution >= 0.6 is 0 Å². The molecule has 0 saturated carbocycles. The summed E-state index contributed by atoms with van der Waals surface area (Å²) in [5.41, 5.74) is 3.28. The Kier molecular flexibility index (Phi) is 4.57. The van der Waals surface area contributed by atoms with Crippen LogP contribution in [0.2, 0.25) is 0 Å². The van der Waals surface area contributed by atoms with Crippen molar-refractivity contribution in [3.63, 3.8) is 0 Å². The van der Waals surface area contributed by atoms with Crippen LogP contribution in [0.4, 0.5) is 5.69 Å². The number of anilines is 1. The molecule has 0 bridgehead atoms. The zero-order valence-electron chi connectivity index (χ0n) is 14.3. The van der Waals surface area contributed by atoms with Crippen molar-refractivity contribution in [1.82, 2.24) is 0 Å². The second-order valence-corrected chi connectivity index (χ2v) is 6.00. The number of nitrogens with one attached hydrogen (secondary N) is 1. The molecule has 0 fully saturated rings. The Morgan fingerprint density at radius 3 is 2.60 bits per heavy atom. The number of benzene rings is 2. The van der Waals surface area contributed by atoms with Crippen LogP contribution in [0.15, 0.2) is 52.9 Å². The highest BCUT2D eigenvalue weighted by Crippen LogP contribution is 2.20. The normalized spacial score (nSPS) is 12.0. The van der Waals surface area contributed by atoms with Crippen molar-refractivity contribution in [3.05, 3.63) is 65.4 Å². The van der Waals surface area contributed by atoms with Crippen LogP contribution in [0.5, 0.6) is 0 Å². The molecule has 5 heteroatoms. The highest BCUT2D eigenvalue weighted by atomic mass is 16.6. The Labute approximate surface area is 145 Å². The standard InChI is InChI=1S/C20H19NO4/c1-12-8-9-13(2)16(10-12)21-19(22)14(3)24-20(23)18-11-15-6-4-5-7-17(15)25-18/h4-11,14H,1-3H3,(H,21,22)/t14-/m1/s1. The van der Waals surface area contributed by atoms with E-state index < -0.39 is 18.0 Å². The topological polar surface area (TPSA) is 68.5 Å². The van der Waals surface area contributed by atoms with Crippen molar-refractivity contribution in [1.29, 1.82) is 0 Å². The smallest absolute Gasteiger partial charge is 0.375 e. The summed E-state index contributed by atoms with van der Waals surface area (Å²) in [6.07, 6.45) is -0.944. The van der Waals surface area contributed by atoms with E-state index in [0.717, 1.165) is 16.5 Å². The quantitative estimate of drug-likeness (QED) is 0.723. The summed E-state index contributed by atoms with van der Waals surface area (Å²) in [6.45, 7) is 5.38. The number of aryl methyl sites for hydroxylation is 2. The van der Waals surface area contributed by atoms with Crippen LogP contribution in [0.25, 0.3) is 11.0 Å². The maximum Gasteiger partial charge on any atom is 0.375 e. The highest BCUT2D eigenvalue weighted by molar-refractivity contribution is 5.98. The van der Waals surface area contributed by atoms with Gasteiger partial charge in [-0.1, -0.05) is 30.3 Å². The van der Waals surface area contributed by atoms with Crippen molar-refractivity contribution in [2.45, 2.75) is 26.9 Å². The minimum absolute atomic E-state index is 0.0765. The molecule has 1 N–H and O–H groups in total. The SMILES string of the molecule is Cc1ccc(C)c(NC(=O)[C@@H](C)OC(=O)c2cc3ccccc3o2)c1. The van der Waals surface area contributed by atoms with Gasteiger partial charge in [0.1, 0.15) is 5.58 Å². The number of carbonyl (C=O) groups is 2. The molecule has 0 aliphatic heterocycles. The van der Waals surface area contributed by atoms with Gasteiger partial charge in [0.2, 0.25) is 5.76 Å². The lowest BCUT2D eigenvalue weighted by Crippen LogP contribution is -2.30. The first-order valence-corrected chi connectivity index (χ1v) is 8.02. The molecule has 2 aromatic carbocycles. The second kappa shape index (κ2) is 6.81. The molecule has 0 aliphatic rings. The molecule has 1 atom stereocenters. The monoisotopic (exact) mass is 337 g/mol. The van der Waals surface area contributed by atoms with Gasteiger partial charge in [0.25, 0.3) is 5.91 Å². The van der Waals surface area contributed by atoms with E-state index in [1.54, 1.807) is 12.1 Å². The van der Waals surface area contributed by atoms with E-state index in [2.05, 4.69) is 5.32 Å². The van der Waals surface area contributed by atoms with Gasteiger partial charge in [-0.25, -0.2) is 4.79 Å². The number of amides is 1. The fourth-order valence-electron chi connectivity index (χ4n) is 2.46. The molecule has 0 aliphatic carbocycles. The molecule has 3 rings (SSSR count). The predicted octanol–water partition coefficient (Wildman–Crippen LogP) is 4.23. The van der Waals surface area contributed by atoms with Gasteiger partial charge in [-0.05, 0) is 50.1 Å². The summed E-state index contributed by atoms with van der Waals surface area (Å²) in [4.78, 5) is 24.5. The maximum absolute atomic E-state index is 12.3. The number of furan rings is 1. The molecule has 3 aromatic rings. The lowest BCUT2D eigenvalue weighted by atomic mass is 10.1. The first kappa shape index (κ1) is 16.8. The fraction of sp³-hybridized carbons (Fsp3) is 0.200. The van der Waals surface area contributed by atoms with Gasteiger partial charge in [-0.15, -0.1) is 0 Å². The second-order valence-electron chi connectivity index (χ2n) is 6.00. The van der Waals surface area contributed by atoms with E-state index in [9.17, 15) is 9.59 Å². The molecule has 5 nitrogen and oxygen atoms in total. The number of para-hydroxylation sites is 1. The largest absolute Gasteiger partial charge is 0.449 e. The maximum atomic E-state index is 12.3. The Hall–Kier alpha value is -3.08. The molecule has 1 aromatic heterocycles. The number of fused-ring (bicyclic) bond motifs is 1. The van der Waals surface area contributed by atoms with Crippen LogP contribution in [0.3, 0.4) is 0 Å². The Balaban J connectivity index is 1.68. The number of hydrogen-bond donors (Lipinski definition) is 1. The molecule has 1 heterocycles. The van der Waals surface area contributed by atoms with Crippen LogP contribution in [-0.2, 0) is 9.53 Å². The minimum Gasteiger partial charge on any atom is -0.449 e. The molecule has 0 saturated heterocycles. The third kappa shape index (κ3) is 3.71. The van der Waals surface area contributed by atoms with E-state index >= 15 is 0 Å². The van der Waals surface area contributed by atoms with Gasteiger partial charge in [0.15, 0.2) is 6.10 Å². The molecule has 25 heavy (non-hydrogen) atoms. The van der Waals surface area contributed by atoms with Crippen LogP contribution < -0.4 is 5.32 Å². The van der Waals surface area contributed by atoms with Gasteiger partial charge in [0, 0.05) is 11.1 Å². The van der Waals surface area contributed by atoms with E-state index in [4.69, 9.17) is 9.15 Å². The molecular weight excluding hydrogens is 318 g/mol. The number of esters is 1. The van der Waals surface area contributed by atoms with Crippen LogP contribution in [0.1, 0.15) is 28.6 Å². The third-order valence-electron chi connectivity index (χ3n) is 3.93. The summed E-state index contributed by atoms with van der Waals surface area (Å²) in [6, 6.07) is 14.7. The van der Waals surface area contributed by atoms with E-state index in [1.807, 2.05) is 50.2 Å². The van der Waals surface area contributed by atoms with E-state index in [0.29, 0.717) is 11.3 Å². The van der Waals surface area contributed by atoms with Gasteiger partial charge in [0.05, 0.1) is 0 Å². The van der Waals surface area contributed by atoms with Gasteiger partial charge in [-0.3, -0.25) is 4.79 Å². The van der Waals surface area contributed by atoms with Crippen molar-refractivity contribution in [2.24, 2.45) is 0 Å². The zero-order valence-corrected chi connectivity index (χ0v) is 14.3. The molecule has 128 valence electrons. The summed E-state index contributed by atoms with van der Waals surface area (Å²) >= 11 is 0. The van der Waals surface area contributed by atoms with Gasteiger partial charge in [-0.2, -0.15) is 0 Å². The van der Waals surface area contributed by atoms with Crippen molar-refractivity contribution in [3.8, 4) is 0 Å². The summed E-state index contributed by atoms with van der Waals surface area (Å²) in [5, 5.41) is 3.59. The Morgan fingerprint density at radius 1 is 1.08 bits per heavy atom. The first-order chi connectivity index (χ1) is 11.9. The third-order valence-corrected chi connectivity index (χ3v) is 3.93. The zero-order chi connectivity index (χ0) is 18.0. The summed E-state index contributed by atoms with van der Waals surface area (Å²) < 4.78 is 10.7. The van der Waals surface area contributed by atoms with Crippen LogP contribution in [0, 0.1) is 13.8 Å². The Bertz CT molecular complexity index is 909. The average molecular weight is 337 g/mol. The van der Waals surface area contributed by atoms with Crippen molar-refractivity contribution in [2.75, 3.05) is 5.32 Å².